The third kappa shape index (κ3) is 7.02. The molecule has 1 aromatic heterocycles. The van der Waals surface area contributed by atoms with Gasteiger partial charge in [-0.25, -0.2) is 8.42 Å². The van der Waals surface area contributed by atoms with E-state index < -0.39 is 10.0 Å². The average molecular weight is 563 g/mol. The number of anilines is 1. The molecule has 2 aromatic rings. The monoisotopic (exact) mass is 562 g/mol. The number of hydrogen-bond acceptors (Lipinski definition) is 6. The van der Waals surface area contributed by atoms with Gasteiger partial charge in [0.1, 0.15) is 5.00 Å². The Balaban J connectivity index is 1.86. The van der Waals surface area contributed by atoms with Crippen LogP contribution in [0, 0.1) is 11.8 Å². The lowest BCUT2D eigenvalue weighted by Gasteiger charge is -2.26. The number of rotatable bonds is 11. The summed E-state index contributed by atoms with van der Waals surface area (Å²) in [6.07, 6.45) is 1.83. The Morgan fingerprint density at radius 2 is 1.66 bits per heavy atom. The van der Waals surface area contributed by atoms with Gasteiger partial charge in [-0.3, -0.25) is 14.5 Å². The van der Waals surface area contributed by atoms with E-state index in [-0.39, 0.29) is 28.5 Å². The zero-order chi connectivity index (χ0) is 28.2. The molecule has 38 heavy (non-hydrogen) atoms. The van der Waals surface area contributed by atoms with Gasteiger partial charge in [-0.1, -0.05) is 34.6 Å². The molecule has 0 aliphatic carbocycles. The topological polar surface area (TPSA) is 90.0 Å². The highest BCUT2D eigenvalue weighted by Gasteiger charge is 2.30. The van der Waals surface area contributed by atoms with Crippen molar-refractivity contribution in [2.75, 3.05) is 45.6 Å². The Kier molecular flexibility index (Phi) is 10.1. The van der Waals surface area contributed by atoms with Crippen LogP contribution in [0.25, 0.3) is 0 Å². The summed E-state index contributed by atoms with van der Waals surface area (Å²) in [6, 6.07) is 6.06. The molecule has 0 spiro atoms. The fourth-order valence-corrected chi connectivity index (χ4v) is 7.73. The Labute approximate surface area is 232 Å². The van der Waals surface area contributed by atoms with Crippen LogP contribution in [0.3, 0.4) is 0 Å². The summed E-state index contributed by atoms with van der Waals surface area (Å²) < 4.78 is 28.2. The van der Waals surface area contributed by atoms with E-state index in [9.17, 15) is 18.0 Å². The van der Waals surface area contributed by atoms with Crippen molar-refractivity contribution in [3.63, 3.8) is 0 Å². The Morgan fingerprint density at radius 3 is 2.18 bits per heavy atom. The molecule has 1 aliphatic heterocycles. The number of hydrogen-bond donors (Lipinski definition) is 1. The molecule has 1 aliphatic rings. The van der Waals surface area contributed by atoms with E-state index in [1.807, 2.05) is 27.7 Å². The first-order chi connectivity index (χ1) is 17.8. The Bertz CT molecular complexity index is 1220. The quantitative estimate of drug-likeness (QED) is 0.426. The van der Waals surface area contributed by atoms with Crippen LogP contribution in [0.4, 0.5) is 5.00 Å². The van der Waals surface area contributed by atoms with E-state index in [0.717, 1.165) is 42.9 Å². The number of nitrogens with zero attached hydrogens (tertiary/aromatic N) is 3. The normalized spacial score (nSPS) is 14.3. The van der Waals surface area contributed by atoms with Crippen molar-refractivity contribution in [2.45, 2.75) is 58.9 Å². The third-order valence-corrected chi connectivity index (χ3v) is 9.39. The molecule has 0 bridgehead atoms. The first-order valence-electron chi connectivity index (χ1n) is 13.3. The van der Waals surface area contributed by atoms with E-state index in [1.165, 1.54) is 44.8 Å². The van der Waals surface area contributed by atoms with Crippen LogP contribution in [0.15, 0.2) is 29.2 Å². The molecule has 0 saturated heterocycles. The van der Waals surface area contributed by atoms with Gasteiger partial charge in [-0.05, 0) is 61.1 Å². The van der Waals surface area contributed by atoms with Crippen molar-refractivity contribution in [1.82, 2.24) is 14.1 Å². The van der Waals surface area contributed by atoms with E-state index in [2.05, 4.69) is 17.1 Å². The lowest BCUT2D eigenvalue weighted by Crippen LogP contribution is -2.37. The maximum Gasteiger partial charge on any atom is 0.256 e. The molecular formula is C28H42N4O4S2. The van der Waals surface area contributed by atoms with E-state index in [0.29, 0.717) is 29.2 Å². The van der Waals surface area contributed by atoms with Crippen LogP contribution in [0.2, 0.25) is 0 Å². The highest BCUT2D eigenvalue weighted by atomic mass is 32.2. The first-order valence-corrected chi connectivity index (χ1v) is 15.6. The third-order valence-electron chi connectivity index (χ3n) is 6.41. The lowest BCUT2D eigenvalue weighted by atomic mass is 10.0. The number of fused-ring (bicyclic) bond motifs is 1. The van der Waals surface area contributed by atoms with Gasteiger partial charge in [-0.15, -0.1) is 11.3 Å². The summed E-state index contributed by atoms with van der Waals surface area (Å²) in [5.74, 6) is -0.109. The molecular weight excluding hydrogens is 520 g/mol. The number of carbonyl (C=O) groups is 2. The number of thiophene rings is 1. The molecule has 1 N–H and O–H groups in total. The van der Waals surface area contributed by atoms with E-state index in [4.69, 9.17) is 0 Å². The molecule has 3 rings (SSSR count). The molecule has 210 valence electrons. The van der Waals surface area contributed by atoms with Gasteiger partial charge >= 0.3 is 0 Å². The van der Waals surface area contributed by atoms with Crippen LogP contribution in [-0.2, 0) is 23.0 Å². The fourth-order valence-electron chi connectivity index (χ4n) is 4.69. The lowest BCUT2D eigenvalue weighted by molar-refractivity contribution is 0.0827. The molecule has 0 radical (unpaired) electrons. The minimum atomic E-state index is -3.68. The van der Waals surface area contributed by atoms with Crippen molar-refractivity contribution < 1.29 is 18.0 Å². The standard InChI is InChI=1S/C28H42N4O4S2/c1-8-14-31-15-13-23-24(18-31)37-27(25(23)28(34)30(6)7)29-26(33)21-9-11-22(12-10-21)38(35,36)32(16-19(2)3)17-20(4)5/h9-12,19-20H,8,13-18H2,1-7H3,(H,29,33). The van der Waals surface area contributed by atoms with Gasteiger partial charge < -0.3 is 10.2 Å². The number of carbonyl (C=O) groups excluding carboxylic acids is 2. The average Bonchev–Trinajstić information content (AvgIpc) is 3.19. The van der Waals surface area contributed by atoms with Gasteiger partial charge in [0.2, 0.25) is 10.0 Å². The predicted octanol–water partition coefficient (Wildman–Crippen LogP) is 4.77. The molecule has 2 heterocycles. The summed E-state index contributed by atoms with van der Waals surface area (Å²) in [6.45, 7) is 13.7. The van der Waals surface area contributed by atoms with Gasteiger partial charge in [0.25, 0.3) is 11.8 Å². The molecule has 1 aromatic carbocycles. The number of nitrogens with one attached hydrogen (secondary N) is 1. The first kappa shape index (κ1) is 30.3. The highest BCUT2D eigenvalue weighted by molar-refractivity contribution is 7.89. The fraction of sp³-hybridized carbons (Fsp3) is 0.571. The van der Waals surface area contributed by atoms with Crippen LogP contribution >= 0.6 is 11.3 Å². The molecule has 0 unspecified atom stereocenters. The largest absolute Gasteiger partial charge is 0.345 e. The second-order valence-electron chi connectivity index (χ2n) is 11.0. The van der Waals surface area contributed by atoms with Crippen LogP contribution in [0.5, 0.6) is 0 Å². The summed E-state index contributed by atoms with van der Waals surface area (Å²) in [4.78, 5) is 31.5. The number of amides is 2. The molecule has 8 nitrogen and oxygen atoms in total. The van der Waals surface area contributed by atoms with E-state index in [1.54, 1.807) is 14.1 Å². The van der Waals surface area contributed by atoms with Gasteiger partial charge in [0.05, 0.1) is 10.5 Å². The SMILES string of the molecule is CCCN1CCc2c(sc(NC(=O)c3ccc(S(=O)(=O)N(CC(C)C)CC(C)C)cc3)c2C(=O)N(C)C)C1. The van der Waals surface area contributed by atoms with Crippen molar-refractivity contribution in [1.29, 1.82) is 0 Å². The van der Waals surface area contributed by atoms with Crippen molar-refractivity contribution in [3.8, 4) is 0 Å². The minimum Gasteiger partial charge on any atom is -0.345 e. The molecule has 0 atom stereocenters. The summed E-state index contributed by atoms with van der Waals surface area (Å²) in [7, 11) is -0.256. The zero-order valence-corrected chi connectivity index (χ0v) is 25.3. The molecule has 10 heteroatoms. The second kappa shape index (κ2) is 12.7. The van der Waals surface area contributed by atoms with Gasteiger partial charge in [0.15, 0.2) is 0 Å². The Hall–Kier alpha value is -2.27. The van der Waals surface area contributed by atoms with Crippen molar-refractivity contribution >= 4 is 38.2 Å². The zero-order valence-electron chi connectivity index (χ0n) is 23.7. The second-order valence-corrected chi connectivity index (χ2v) is 14.1. The van der Waals surface area contributed by atoms with Gasteiger partial charge in [-0.2, -0.15) is 4.31 Å². The maximum atomic E-state index is 13.3. The summed E-state index contributed by atoms with van der Waals surface area (Å²) in [5.41, 5.74) is 1.93. The minimum absolute atomic E-state index is 0.126. The van der Waals surface area contributed by atoms with Crippen molar-refractivity contribution in [3.05, 3.63) is 45.8 Å². The van der Waals surface area contributed by atoms with Crippen LogP contribution < -0.4 is 5.32 Å². The van der Waals surface area contributed by atoms with Crippen LogP contribution in [0.1, 0.15) is 72.2 Å². The van der Waals surface area contributed by atoms with Crippen molar-refractivity contribution in [2.24, 2.45) is 11.8 Å². The highest BCUT2D eigenvalue weighted by Crippen LogP contribution is 2.38. The predicted molar refractivity (Wildman–Crippen MR) is 154 cm³/mol. The molecule has 0 saturated carbocycles. The van der Waals surface area contributed by atoms with E-state index >= 15 is 0 Å². The Morgan fingerprint density at radius 1 is 1.05 bits per heavy atom. The molecule has 0 fully saturated rings. The maximum absolute atomic E-state index is 13.3. The summed E-state index contributed by atoms with van der Waals surface area (Å²) >= 11 is 1.46. The van der Waals surface area contributed by atoms with Gasteiger partial charge in [0, 0.05) is 50.7 Å². The smallest absolute Gasteiger partial charge is 0.256 e. The number of benzene rings is 1. The summed E-state index contributed by atoms with van der Waals surface area (Å²) in [5, 5.41) is 3.50. The van der Waals surface area contributed by atoms with Crippen LogP contribution in [-0.4, -0.2) is 74.6 Å². The molecule has 2 amide bonds. The number of sulfonamides is 1.